The van der Waals surface area contributed by atoms with Crippen molar-refractivity contribution in [1.29, 1.82) is 5.26 Å². The molecule has 8 heteroatoms. The Morgan fingerprint density at radius 2 is 2.33 bits per heavy atom. The summed E-state index contributed by atoms with van der Waals surface area (Å²) in [5.74, 6) is 4.85. The summed E-state index contributed by atoms with van der Waals surface area (Å²) in [5.41, 5.74) is 2.51. The highest BCUT2D eigenvalue weighted by atomic mass is 32.2. The highest BCUT2D eigenvalue weighted by molar-refractivity contribution is 7.89. The molecule has 0 aromatic carbocycles. The Balaban J connectivity index is 3.10. The van der Waals surface area contributed by atoms with E-state index < -0.39 is 15.9 Å². The fourth-order valence-electron chi connectivity index (χ4n) is 1.38. The molecule has 98 valence electrons. The summed E-state index contributed by atoms with van der Waals surface area (Å²) < 4.78 is 25.5. The highest BCUT2D eigenvalue weighted by Crippen LogP contribution is 2.20. The first-order valence-electron chi connectivity index (χ1n) is 5.21. The van der Waals surface area contributed by atoms with Gasteiger partial charge in [-0.15, -0.1) is 0 Å². The van der Waals surface area contributed by atoms with Gasteiger partial charge in [0, 0.05) is 19.8 Å². The predicted molar refractivity (Wildman–Crippen MR) is 66.6 cm³/mol. The maximum atomic E-state index is 12.2. The lowest BCUT2D eigenvalue weighted by Crippen LogP contribution is -2.32. The molecule has 1 heterocycles. The van der Waals surface area contributed by atoms with Crippen LogP contribution in [0.4, 0.5) is 5.69 Å². The summed E-state index contributed by atoms with van der Waals surface area (Å²) >= 11 is 0. The minimum atomic E-state index is -3.76. The van der Waals surface area contributed by atoms with Gasteiger partial charge in [0.2, 0.25) is 0 Å². The van der Waals surface area contributed by atoms with Crippen LogP contribution in [0.1, 0.15) is 6.92 Å². The number of sulfonamides is 1. The summed E-state index contributed by atoms with van der Waals surface area (Å²) in [4.78, 5) is 3.82. The number of nitriles is 1. The number of nitrogens with one attached hydrogen (secondary N) is 1. The predicted octanol–water partition coefficient (Wildman–Crippen LogP) is 0.147. The van der Waals surface area contributed by atoms with E-state index in [1.165, 1.54) is 19.3 Å². The average Bonchev–Trinajstić information content (AvgIpc) is 2.38. The molecule has 0 saturated heterocycles. The number of rotatable bonds is 5. The molecule has 1 unspecified atom stereocenters. The Kier molecular flexibility index (Phi) is 4.61. The number of aromatic nitrogens is 1. The summed E-state index contributed by atoms with van der Waals surface area (Å²) in [6, 6.07) is 5.07. The molecule has 0 aliphatic carbocycles. The van der Waals surface area contributed by atoms with E-state index in [4.69, 9.17) is 11.1 Å². The molecule has 1 atom stereocenters. The van der Waals surface area contributed by atoms with Crippen molar-refractivity contribution < 1.29 is 8.42 Å². The number of hydrazine groups is 1. The van der Waals surface area contributed by atoms with E-state index in [9.17, 15) is 8.42 Å². The van der Waals surface area contributed by atoms with Crippen LogP contribution in [0.15, 0.2) is 23.4 Å². The molecule has 18 heavy (non-hydrogen) atoms. The number of hydrogen-bond acceptors (Lipinski definition) is 6. The Bertz CT molecular complexity index is 552. The molecule has 1 aromatic heterocycles. The molecule has 0 radical (unpaired) electrons. The van der Waals surface area contributed by atoms with Crippen LogP contribution in [0.25, 0.3) is 0 Å². The Labute approximate surface area is 106 Å². The average molecular weight is 269 g/mol. The zero-order valence-electron chi connectivity index (χ0n) is 10.2. The maximum absolute atomic E-state index is 12.2. The smallest absolute Gasteiger partial charge is 0.262 e. The fourth-order valence-corrected chi connectivity index (χ4v) is 2.69. The third-order valence-corrected chi connectivity index (χ3v) is 4.12. The molecule has 1 rings (SSSR count). The Morgan fingerprint density at radius 3 is 2.89 bits per heavy atom. The van der Waals surface area contributed by atoms with Crippen LogP contribution in [-0.2, 0) is 10.0 Å². The second-order valence-electron chi connectivity index (χ2n) is 3.82. The molecule has 0 saturated carbocycles. The third kappa shape index (κ3) is 2.95. The summed E-state index contributed by atoms with van der Waals surface area (Å²) in [6.07, 6.45) is 1.37. The number of anilines is 1. The Hall–Kier alpha value is -1.69. The molecule has 1 aromatic rings. The summed E-state index contributed by atoms with van der Waals surface area (Å²) in [6.45, 7) is 1.74. The van der Waals surface area contributed by atoms with Gasteiger partial charge in [0.25, 0.3) is 10.0 Å². The highest BCUT2D eigenvalue weighted by Gasteiger charge is 2.26. The van der Waals surface area contributed by atoms with Crippen LogP contribution < -0.4 is 11.3 Å². The molecule has 0 spiro atoms. The van der Waals surface area contributed by atoms with Crippen molar-refractivity contribution in [3.63, 3.8) is 0 Å². The first-order chi connectivity index (χ1) is 8.43. The van der Waals surface area contributed by atoms with Gasteiger partial charge in [0.15, 0.2) is 5.03 Å². The van der Waals surface area contributed by atoms with Crippen molar-refractivity contribution in [2.45, 2.75) is 11.9 Å². The second kappa shape index (κ2) is 5.77. The second-order valence-corrected chi connectivity index (χ2v) is 5.78. The minimum Gasteiger partial charge on any atom is -0.321 e. The van der Waals surface area contributed by atoms with Crippen LogP contribution in [-0.4, -0.2) is 31.3 Å². The standard InChI is InChI=1S/C10H15N5O2S/c1-8(6-11)7-15(2)18(16,17)10-9(14-12)4-3-5-13-10/h3-5,8,14H,7,12H2,1-2H3. The largest absolute Gasteiger partial charge is 0.321 e. The van der Waals surface area contributed by atoms with E-state index in [0.717, 1.165) is 4.31 Å². The first kappa shape index (κ1) is 14.4. The molecule has 0 aliphatic heterocycles. The topological polar surface area (TPSA) is 112 Å². The number of hydrogen-bond donors (Lipinski definition) is 2. The van der Waals surface area contributed by atoms with Crippen molar-refractivity contribution in [2.24, 2.45) is 11.8 Å². The van der Waals surface area contributed by atoms with E-state index in [1.54, 1.807) is 13.0 Å². The van der Waals surface area contributed by atoms with E-state index in [-0.39, 0.29) is 17.3 Å². The van der Waals surface area contributed by atoms with Gasteiger partial charge < -0.3 is 5.43 Å². The summed E-state index contributed by atoms with van der Waals surface area (Å²) in [5, 5.41) is 8.55. The van der Waals surface area contributed by atoms with Crippen LogP contribution in [0.3, 0.4) is 0 Å². The van der Waals surface area contributed by atoms with E-state index in [0.29, 0.717) is 0 Å². The lowest BCUT2D eigenvalue weighted by molar-refractivity contribution is 0.437. The van der Waals surface area contributed by atoms with Crippen molar-refractivity contribution >= 4 is 15.7 Å². The number of pyridine rings is 1. The number of nitrogens with zero attached hydrogens (tertiary/aromatic N) is 3. The Morgan fingerprint density at radius 1 is 1.67 bits per heavy atom. The van der Waals surface area contributed by atoms with E-state index in [2.05, 4.69) is 10.4 Å². The quantitative estimate of drug-likeness (QED) is 0.581. The van der Waals surface area contributed by atoms with Gasteiger partial charge in [-0.05, 0) is 19.1 Å². The maximum Gasteiger partial charge on any atom is 0.262 e. The van der Waals surface area contributed by atoms with Crippen LogP contribution >= 0.6 is 0 Å². The molecule has 0 bridgehead atoms. The molecule has 0 fully saturated rings. The lowest BCUT2D eigenvalue weighted by atomic mass is 10.2. The van der Waals surface area contributed by atoms with Gasteiger partial charge in [-0.1, -0.05) is 0 Å². The third-order valence-electron chi connectivity index (χ3n) is 2.33. The van der Waals surface area contributed by atoms with Gasteiger partial charge in [-0.25, -0.2) is 13.4 Å². The van der Waals surface area contributed by atoms with Crippen molar-refractivity contribution in [1.82, 2.24) is 9.29 Å². The van der Waals surface area contributed by atoms with Crippen LogP contribution in [0.5, 0.6) is 0 Å². The molecule has 7 nitrogen and oxygen atoms in total. The zero-order valence-corrected chi connectivity index (χ0v) is 11.0. The fraction of sp³-hybridized carbons (Fsp3) is 0.400. The van der Waals surface area contributed by atoms with Crippen molar-refractivity contribution in [3.05, 3.63) is 18.3 Å². The SMILES string of the molecule is CC(C#N)CN(C)S(=O)(=O)c1ncccc1NN. The van der Waals surface area contributed by atoms with Crippen molar-refractivity contribution in [3.8, 4) is 6.07 Å². The molecular formula is C10H15N5O2S. The van der Waals surface area contributed by atoms with E-state index >= 15 is 0 Å². The van der Waals surface area contributed by atoms with Gasteiger partial charge in [-0.2, -0.15) is 9.57 Å². The molecular weight excluding hydrogens is 254 g/mol. The minimum absolute atomic E-state index is 0.0966. The van der Waals surface area contributed by atoms with Gasteiger partial charge in [0.05, 0.1) is 17.7 Å². The first-order valence-corrected chi connectivity index (χ1v) is 6.65. The number of nitrogens with two attached hydrogens (primary N) is 1. The zero-order chi connectivity index (χ0) is 13.8. The van der Waals surface area contributed by atoms with Crippen molar-refractivity contribution in [2.75, 3.05) is 19.0 Å². The molecule has 3 N–H and O–H groups in total. The van der Waals surface area contributed by atoms with Gasteiger partial charge >= 0.3 is 0 Å². The normalized spacial score (nSPS) is 13.1. The monoisotopic (exact) mass is 269 g/mol. The van der Waals surface area contributed by atoms with E-state index in [1.807, 2.05) is 6.07 Å². The molecule has 0 amide bonds. The van der Waals surface area contributed by atoms with Gasteiger partial charge in [0.1, 0.15) is 0 Å². The summed E-state index contributed by atoms with van der Waals surface area (Å²) in [7, 11) is -2.36. The van der Waals surface area contributed by atoms with Crippen LogP contribution in [0.2, 0.25) is 0 Å². The number of nitrogen functional groups attached to an aromatic ring is 1. The van der Waals surface area contributed by atoms with Crippen LogP contribution in [0, 0.1) is 17.2 Å². The lowest BCUT2D eigenvalue weighted by Gasteiger charge is -2.18. The molecule has 0 aliphatic rings. The van der Waals surface area contributed by atoms with Gasteiger partial charge in [-0.3, -0.25) is 5.84 Å².